The molecule has 0 spiro atoms. The number of halogens is 1. The number of benzene rings is 1. The van der Waals surface area contributed by atoms with E-state index >= 15 is 0 Å². The third kappa shape index (κ3) is 3.37. The van der Waals surface area contributed by atoms with Gasteiger partial charge in [-0.25, -0.2) is 4.39 Å². The lowest BCUT2D eigenvalue weighted by molar-refractivity contribution is 0.101. The number of carbonyl (C=O) groups is 1. The SMILES string of the molecule is CC(=O)c1c(F)cccc1N1CCN(CC(C)C)CC1. The minimum absolute atomic E-state index is 0.206. The van der Waals surface area contributed by atoms with Crippen LogP contribution in [0.15, 0.2) is 18.2 Å². The lowest BCUT2D eigenvalue weighted by Crippen LogP contribution is -2.47. The fraction of sp³-hybridized carbons (Fsp3) is 0.562. The van der Waals surface area contributed by atoms with Gasteiger partial charge in [0.2, 0.25) is 0 Å². The van der Waals surface area contributed by atoms with Gasteiger partial charge >= 0.3 is 0 Å². The van der Waals surface area contributed by atoms with Crippen LogP contribution in [0.25, 0.3) is 0 Å². The van der Waals surface area contributed by atoms with Gasteiger partial charge in [-0.05, 0) is 25.0 Å². The Morgan fingerprint density at radius 2 is 1.90 bits per heavy atom. The minimum Gasteiger partial charge on any atom is -0.368 e. The third-order valence-electron chi connectivity index (χ3n) is 3.68. The van der Waals surface area contributed by atoms with Crippen LogP contribution >= 0.6 is 0 Å². The molecule has 0 amide bonds. The number of carbonyl (C=O) groups excluding carboxylic acids is 1. The van der Waals surface area contributed by atoms with Gasteiger partial charge in [0.25, 0.3) is 0 Å². The Morgan fingerprint density at radius 3 is 2.45 bits per heavy atom. The molecule has 1 aliphatic rings. The molecule has 0 bridgehead atoms. The van der Waals surface area contributed by atoms with Crippen molar-refractivity contribution in [1.82, 2.24) is 4.90 Å². The fourth-order valence-corrected chi connectivity index (χ4v) is 2.81. The normalized spacial score (nSPS) is 16.8. The minimum atomic E-state index is -0.417. The predicted octanol–water partition coefficient (Wildman–Crippen LogP) is 2.81. The molecule has 1 aromatic carbocycles. The van der Waals surface area contributed by atoms with Gasteiger partial charge in [0.05, 0.1) is 11.3 Å². The summed E-state index contributed by atoms with van der Waals surface area (Å²) in [7, 11) is 0. The topological polar surface area (TPSA) is 23.6 Å². The molecule has 110 valence electrons. The number of rotatable bonds is 4. The van der Waals surface area contributed by atoms with Gasteiger partial charge in [-0.1, -0.05) is 19.9 Å². The molecular formula is C16H23FN2O. The van der Waals surface area contributed by atoms with E-state index in [1.807, 2.05) is 6.07 Å². The summed E-state index contributed by atoms with van der Waals surface area (Å²) in [6.07, 6.45) is 0. The standard InChI is InChI=1S/C16H23FN2O/c1-12(2)11-18-7-9-19(10-8-18)15-6-4-5-14(17)16(15)13(3)20/h4-6,12H,7-11H2,1-3H3. The Hall–Kier alpha value is -1.42. The van der Waals surface area contributed by atoms with Crippen LogP contribution in [-0.2, 0) is 0 Å². The second-order valence-corrected chi connectivity index (χ2v) is 5.87. The quantitative estimate of drug-likeness (QED) is 0.791. The number of hydrogen-bond acceptors (Lipinski definition) is 3. The number of hydrogen-bond donors (Lipinski definition) is 0. The summed E-state index contributed by atoms with van der Waals surface area (Å²) >= 11 is 0. The summed E-state index contributed by atoms with van der Waals surface area (Å²) in [5.74, 6) is 0.0332. The van der Waals surface area contributed by atoms with Crippen molar-refractivity contribution in [3.8, 4) is 0 Å². The van der Waals surface area contributed by atoms with Crippen molar-refractivity contribution in [1.29, 1.82) is 0 Å². The Morgan fingerprint density at radius 1 is 1.25 bits per heavy atom. The van der Waals surface area contributed by atoms with Crippen LogP contribution in [-0.4, -0.2) is 43.4 Å². The number of piperazine rings is 1. The van der Waals surface area contributed by atoms with Gasteiger partial charge in [-0.15, -0.1) is 0 Å². The zero-order valence-electron chi connectivity index (χ0n) is 12.5. The molecule has 0 N–H and O–H groups in total. The van der Waals surface area contributed by atoms with E-state index < -0.39 is 5.82 Å². The molecule has 1 saturated heterocycles. The van der Waals surface area contributed by atoms with Gasteiger partial charge in [-0.2, -0.15) is 0 Å². The van der Waals surface area contributed by atoms with E-state index in [1.165, 1.54) is 13.0 Å². The van der Waals surface area contributed by atoms with Crippen LogP contribution in [0.2, 0.25) is 0 Å². The molecule has 0 aromatic heterocycles. The number of nitrogens with zero attached hydrogens (tertiary/aromatic N) is 2. The first-order valence-corrected chi connectivity index (χ1v) is 7.25. The first kappa shape index (κ1) is 15.0. The molecule has 0 atom stereocenters. The van der Waals surface area contributed by atoms with E-state index in [1.54, 1.807) is 6.07 Å². The molecule has 3 nitrogen and oxygen atoms in total. The fourth-order valence-electron chi connectivity index (χ4n) is 2.81. The molecular weight excluding hydrogens is 255 g/mol. The van der Waals surface area contributed by atoms with Gasteiger partial charge in [0.1, 0.15) is 5.82 Å². The van der Waals surface area contributed by atoms with Gasteiger partial charge < -0.3 is 4.90 Å². The Kier molecular flexibility index (Phi) is 4.76. The lowest BCUT2D eigenvalue weighted by Gasteiger charge is -2.37. The van der Waals surface area contributed by atoms with Gasteiger partial charge in [0, 0.05) is 32.7 Å². The van der Waals surface area contributed by atoms with E-state index in [4.69, 9.17) is 0 Å². The van der Waals surface area contributed by atoms with E-state index in [-0.39, 0.29) is 11.3 Å². The summed E-state index contributed by atoms with van der Waals surface area (Å²) in [4.78, 5) is 16.2. The zero-order valence-corrected chi connectivity index (χ0v) is 12.5. The first-order chi connectivity index (χ1) is 9.49. The monoisotopic (exact) mass is 278 g/mol. The summed E-state index contributed by atoms with van der Waals surface area (Å²) < 4.78 is 13.8. The molecule has 0 radical (unpaired) electrons. The highest BCUT2D eigenvalue weighted by molar-refractivity contribution is 6.00. The van der Waals surface area contributed by atoms with Crippen LogP contribution in [0.3, 0.4) is 0 Å². The molecule has 0 saturated carbocycles. The molecule has 20 heavy (non-hydrogen) atoms. The van der Waals surface area contributed by atoms with E-state index in [0.717, 1.165) is 38.4 Å². The highest BCUT2D eigenvalue weighted by atomic mass is 19.1. The summed E-state index contributed by atoms with van der Waals surface area (Å²) in [5, 5.41) is 0. The lowest BCUT2D eigenvalue weighted by atomic mass is 10.1. The van der Waals surface area contributed by atoms with Crippen molar-refractivity contribution in [3.05, 3.63) is 29.6 Å². The Bertz CT molecular complexity index is 479. The molecule has 4 heteroatoms. The second kappa shape index (κ2) is 6.35. The van der Waals surface area contributed by atoms with Crippen LogP contribution in [0.4, 0.5) is 10.1 Å². The average molecular weight is 278 g/mol. The molecule has 0 aliphatic carbocycles. The van der Waals surface area contributed by atoms with Crippen molar-refractivity contribution in [2.75, 3.05) is 37.6 Å². The molecule has 1 fully saturated rings. The van der Waals surface area contributed by atoms with E-state index in [0.29, 0.717) is 5.92 Å². The highest BCUT2D eigenvalue weighted by Gasteiger charge is 2.22. The van der Waals surface area contributed by atoms with Crippen LogP contribution in [0.5, 0.6) is 0 Å². The summed E-state index contributed by atoms with van der Waals surface area (Å²) in [5.41, 5.74) is 0.964. The molecule has 2 rings (SSSR count). The average Bonchev–Trinajstić information content (AvgIpc) is 2.38. The molecule has 1 aromatic rings. The first-order valence-electron chi connectivity index (χ1n) is 7.25. The maximum Gasteiger partial charge on any atom is 0.164 e. The molecule has 1 heterocycles. The maximum absolute atomic E-state index is 13.8. The second-order valence-electron chi connectivity index (χ2n) is 5.87. The number of Topliss-reactive ketones (excluding diaryl/α,β-unsaturated/α-hetero) is 1. The Balaban J connectivity index is 2.11. The number of anilines is 1. The van der Waals surface area contributed by atoms with Crippen LogP contribution < -0.4 is 4.90 Å². The Labute approximate surface area is 120 Å². The van der Waals surface area contributed by atoms with E-state index in [2.05, 4.69) is 23.6 Å². The summed E-state index contributed by atoms with van der Waals surface area (Å²) in [6.45, 7) is 10.6. The van der Waals surface area contributed by atoms with Crippen molar-refractivity contribution in [3.63, 3.8) is 0 Å². The highest BCUT2D eigenvalue weighted by Crippen LogP contribution is 2.25. The summed E-state index contributed by atoms with van der Waals surface area (Å²) in [6, 6.07) is 4.88. The third-order valence-corrected chi connectivity index (χ3v) is 3.68. The van der Waals surface area contributed by atoms with Crippen molar-refractivity contribution < 1.29 is 9.18 Å². The van der Waals surface area contributed by atoms with Crippen molar-refractivity contribution in [2.24, 2.45) is 5.92 Å². The van der Waals surface area contributed by atoms with E-state index in [9.17, 15) is 9.18 Å². The van der Waals surface area contributed by atoms with Crippen LogP contribution in [0, 0.1) is 11.7 Å². The largest absolute Gasteiger partial charge is 0.368 e. The molecule has 1 aliphatic heterocycles. The zero-order chi connectivity index (χ0) is 14.7. The predicted molar refractivity (Wildman–Crippen MR) is 79.9 cm³/mol. The van der Waals surface area contributed by atoms with Crippen molar-refractivity contribution in [2.45, 2.75) is 20.8 Å². The van der Waals surface area contributed by atoms with Crippen molar-refractivity contribution >= 4 is 11.5 Å². The van der Waals surface area contributed by atoms with Gasteiger partial charge in [-0.3, -0.25) is 9.69 Å². The smallest absolute Gasteiger partial charge is 0.164 e. The van der Waals surface area contributed by atoms with Crippen LogP contribution in [0.1, 0.15) is 31.1 Å². The number of ketones is 1. The van der Waals surface area contributed by atoms with Gasteiger partial charge in [0.15, 0.2) is 5.78 Å². The molecule has 0 unspecified atom stereocenters. The maximum atomic E-state index is 13.8.